The number of benzene rings is 1. The van der Waals surface area contributed by atoms with Crippen molar-refractivity contribution in [3.63, 3.8) is 0 Å². The van der Waals surface area contributed by atoms with Crippen LogP contribution in [0.4, 0.5) is 32.0 Å². The summed E-state index contributed by atoms with van der Waals surface area (Å²) in [5, 5.41) is 1.53. The van der Waals surface area contributed by atoms with Gasteiger partial charge in [-0.25, -0.2) is 0 Å². The van der Waals surface area contributed by atoms with Crippen LogP contribution in [0.2, 0.25) is 0 Å². The van der Waals surface area contributed by atoms with Crippen LogP contribution in [-0.4, -0.2) is 24.0 Å². The fourth-order valence-electron chi connectivity index (χ4n) is 1.05. The fraction of sp³-hybridized carbons (Fsp3) is 0.300. The Kier molecular flexibility index (Phi) is 4.72. The maximum atomic E-state index is 12.0. The third-order valence-electron chi connectivity index (χ3n) is 1.78. The average molecular weight is 303 g/mol. The first-order valence-electron chi connectivity index (χ1n) is 4.76. The molecule has 0 radical (unpaired) electrons. The van der Waals surface area contributed by atoms with Crippen molar-refractivity contribution in [3.05, 3.63) is 24.3 Å². The summed E-state index contributed by atoms with van der Waals surface area (Å²) in [4.78, 5) is 10.6. The van der Waals surface area contributed by atoms with Gasteiger partial charge in [-0.15, -0.1) is 11.8 Å². The number of rotatable bonds is 3. The molecule has 0 aliphatic carbocycles. The molecule has 1 aromatic carbocycles. The Morgan fingerprint density at radius 3 is 2.21 bits per heavy atom. The van der Waals surface area contributed by atoms with E-state index in [2.05, 4.69) is 0 Å². The number of thioether (sulfide) groups is 1. The summed E-state index contributed by atoms with van der Waals surface area (Å²) in [6, 6.07) is 4.97. The molecule has 0 bridgehead atoms. The third kappa shape index (κ3) is 5.41. The summed E-state index contributed by atoms with van der Waals surface area (Å²) >= 11 is 0.300. The monoisotopic (exact) mass is 303 g/mol. The molecule has 0 unspecified atom stereocenters. The number of anilines is 1. The van der Waals surface area contributed by atoms with Crippen LogP contribution in [0.5, 0.6) is 0 Å². The Morgan fingerprint density at radius 1 is 1.11 bits per heavy atom. The van der Waals surface area contributed by atoms with Gasteiger partial charge in [-0.05, 0) is 12.1 Å². The van der Waals surface area contributed by atoms with Crippen LogP contribution in [0.3, 0.4) is 0 Å². The molecule has 1 N–H and O–H groups in total. The largest absolute Gasteiger partial charge is 0.471 e. The lowest BCUT2D eigenvalue weighted by molar-refractivity contribution is -0.167. The molecule has 1 aromatic rings. The molecule has 1 amide bonds. The van der Waals surface area contributed by atoms with Crippen molar-refractivity contribution in [3.8, 4) is 0 Å². The van der Waals surface area contributed by atoms with Crippen molar-refractivity contribution in [1.82, 2.24) is 0 Å². The normalized spacial score (nSPS) is 12.3. The standard InChI is InChI=1S/C10H7F6NOS/c11-9(12,13)5-19-7-4-2-1-3-6(7)17-8(18)10(14,15)16/h1-4H,5H2,(H,17,18). The van der Waals surface area contributed by atoms with Crippen LogP contribution >= 0.6 is 11.8 Å². The van der Waals surface area contributed by atoms with Crippen LogP contribution in [0, 0.1) is 0 Å². The Bertz CT molecular complexity index is 456. The molecule has 0 aromatic heterocycles. The molecule has 0 atom stereocenters. The lowest BCUT2D eigenvalue weighted by Gasteiger charge is -2.12. The minimum Gasteiger partial charge on any atom is -0.317 e. The molecular formula is C10H7F6NOS. The Balaban J connectivity index is 2.82. The second-order valence-electron chi connectivity index (χ2n) is 3.35. The highest BCUT2D eigenvalue weighted by atomic mass is 32.2. The predicted octanol–water partition coefficient (Wildman–Crippen LogP) is 3.84. The van der Waals surface area contributed by atoms with Gasteiger partial charge in [0.2, 0.25) is 0 Å². The van der Waals surface area contributed by atoms with Gasteiger partial charge >= 0.3 is 18.3 Å². The van der Waals surface area contributed by atoms with Gasteiger partial charge in [0.25, 0.3) is 0 Å². The van der Waals surface area contributed by atoms with E-state index < -0.39 is 24.0 Å². The van der Waals surface area contributed by atoms with Gasteiger partial charge in [-0.3, -0.25) is 4.79 Å². The topological polar surface area (TPSA) is 29.1 Å². The van der Waals surface area contributed by atoms with E-state index in [9.17, 15) is 31.1 Å². The number of carbonyl (C=O) groups is 1. The number of nitrogens with one attached hydrogen (secondary N) is 1. The number of hydrogen-bond donors (Lipinski definition) is 1. The number of hydrogen-bond acceptors (Lipinski definition) is 2. The first-order chi connectivity index (χ1) is 8.59. The number of amides is 1. The van der Waals surface area contributed by atoms with Gasteiger partial charge in [0, 0.05) is 4.90 Å². The zero-order chi connectivity index (χ0) is 14.7. The zero-order valence-electron chi connectivity index (χ0n) is 9.10. The quantitative estimate of drug-likeness (QED) is 0.679. The van der Waals surface area contributed by atoms with E-state index in [0.717, 1.165) is 6.07 Å². The van der Waals surface area contributed by atoms with Crippen molar-refractivity contribution in [1.29, 1.82) is 0 Å². The highest BCUT2D eigenvalue weighted by Crippen LogP contribution is 2.32. The molecule has 2 nitrogen and oxygen atoms in total. The van der Waals surface area contributed by atoms with E-state index in [1.165, 1.54) is 23.5 Å². The highest BCUT2D eigenvalue weighted by molar-refractivity contribution is 7.99. The van der Waals surface area contributed by atoms with Crippen molar-refractivity contribution < 1.29 is 31.1 Å². The van der Waals surface area contributed by atoms with E-state index in [0.29, 0.717) is 11.8 Å². The number of carbonyl (C=O) groups excluding carboxylic acids is 1. The zero-order valence-corrected chi connectivity index (χ0v) is 9.92. The maximum absolute atomic E-state index is 12.0. The third-order valence-corrected chi connectivity index (χ3v) is 2.92. The maximum Gasteiger partial charge on any atom is 0.471 e. The van der Waals surface area contributed by atoms with Crippen LogP contribution in [0.1, 0.15) is 0 Å². The van der Waals surface area contributed by atoms with E-state index >= 15 is 0 Å². The second kappa shape index (κ2) is 5.72. The van der Waals surface area contributed by atoms with Crippen LogP contribution in [-0.2, 0) is 4.79 Å². The van der Waals surface area contributed by atoms with Crippen LogP contribution in [0.25, 0.3) is 0 Å². The summed E-state index contributed by atoms with van der Waals surface area (Å²) < 4.78 is 72.2. The smallest absolute Gasteiger partial charge is 0.317 e. The number of para-hydroxylation sites is 1. The molecule has 1 rings (SSSR count). The molecule has 0 aliphatic heterocycles. The van der Waals surface area contributed by atoms with E-state index in [4.69, 9.17) is 0 Å². The van der Waals surface area contributed by atoms with Gasteiger partial charge in [0.15, 0.2) is 0 Å². The molecular weight excluding hydrogens is 296 g/mol. The molecule has 9 heteroatoms. The van der Waals surface area contributed by atoms with E-state index in [1.54, 1.807) is 0 Å². The fourth-order valence-corrected chi connectivity index (χ4v) is 1.82. The van der Waals surface area contributed by atoms with Crippen molar-refractivity contribution in [2.75, 3.05) is 11.1 Å². The van der Waals surface area contributed by atoms with Crippen LogP contribution < -0.4 is 5.32 Å². The minimum atomic E-state index is -5.10. The summed E-state index contributed by atoms with van der Waals surface area (Å²) in [6.45, 7) is 0. The molecule has 19 heavy (non-hydrogen) atoms. The lowest BCUT2D eigenvalue weighted by Crippen LogP contribution is -2.30. The molecule has 106 valence electrons. The van der Waals surface area contributed by atoms with Gasteiger partial charge < -0.3 is 5.32 Å². The summed E-state index contributed by atoms with van der Waals surface area (Å²) in [7, 11) is 0. The molecule has 0 saturated heterocycles. The molecule has 0 spiro atoms. The van der Waals surface area contributed by atoms with E-state index in [1.807, 2.05) is 0 Å². The molecule has 0 fully saturated rings. The second-order valence-corrected chi connectivity index (χ2v) is 4.37. The molecule has 0 heterocycles. The van der Waals surface area contributed by atoms with Gasteiger partial charge in [0.05, 0.1) is 11.4 Å². The van der Waals surface area contributed by atoms with Gasteiger partial charge in [-0.2, -0.15) is 26.3 Å². The van der Waals surface area contributed by atoms with Crippen molar-refractivity contribution in [2.45, 2.75) is 17.2 Å². The summed E-state index contributed by atoms with van der Waals surface area (Å²) in [5.41, 5.74) is -0.306. The van der Waals surface area contributed by atoms with Crippen LogP contribution in [0.15, 0.2) is 29.2 Å². The Labute approximate surface area is 108 Å². The first kappa shape index (κ1) is 15.7. The summed E-state index contributed by atoms with van der Waals surface area (Å²) in [5.74, 6) is -3.49. The number of alkyl halides is 6. The van der Waals surface area contributed by atoms with Gasteiger partial charge in [-0.1, -0.05) is 12.1 Å². The Morgan fingerprint density at radius 2 is 1.68 bits per heavy atom. The predicted molar refractivity (Wildman–Crippen MR) is 57.9 cm³/mol. The minimum absolute atomic E-state index is 0.0857. The van der Waals surface area contributed by atoms with Crippen molar-refractivity contribution in [2.24, 2.45) is 0 Å². The lowest BCUT2D eigenvalue weighted by atomic mass is 10.3. The van der Waals surface area contributed by atoms with E-state index in [-0.39, 0.29) is 10.6 Å². The SMILES string of the molecule is O=C(Nc1ccccc1SCC(F)(F)F)C(F)(F)F. The first-order valence-corrected chi connectivity index (χ1v) is 5.75. The highest BCUT2D eigenvalue weighted by Gasteiger charge is 2.39. The van der Waals surface area contributed by atoms with Crippen molar-refractivity contribution >= 4 is 23.4 Å². The van der Waals surface area contributed by atoms with Gasteiger partial charge in [0.1, 0.15) is 0 Å². The average Bonchev–Trinajstić information content (AvgIpc) is 2.25. The Hall–Kier alpha value is -1.38. The molecule has 0 aliphatic rings. The molecule has 0 saturated carbocycles. The number of halogens is 6. The summed E-state index contributed by atoms with van der Waals surface area (Å²) in [6.07, 6.45) is -9.55.